The van der Waals surface area contributed by atoms with Crippen molar-refractivity contribution >= 4 is 11.9 Å². The quantitative estimate of drug-likeness (QED) is 0.0320. The molecule has 73 heavy (non-hydrogen) atoms. The Balaban J connectivity index is 3.37. The maximum absolute atomic E-state index is 12.5. The summed E-state index contributed by atoms with van der Waals surface area (Å²) >= 11 is 0. The molecule has 1 amide bonds. The van der Waals surface area contributed by atoms with E-state index >= 15 is 0 Å². The van der Waals surface area contributed by atoms with E-state index in [0.29, 0.717) is 25.9 Å². The molecule has 0 saturated carbocycles. The molecule has 0 rings (SSSR count). The van der Waals surface area contributed by atoms with Gasteiger partial charge in [-0.3, -0.25) is 9.59 Å². The molecule has 0 aromatic rings. The Morgan fingerprint density at radius 3 is 0.973 bits per heavy atom. The first kappa shape index (κ1) is 71.6. The molecule has 0 heterocycles. The van der Waals surface area contributed by atoms with Crippen molar-refractivity contribution in [3.63, 3.8) is 0 Å². The molecule has 0 spiro atoms. The minimum absolute atomic E-state index is 0.0181. The van der Waals surface area contributed by atoms with Crippen molar-refractivity contribution in [1.82, 2.24) is 5.32 Å². The number of carbonyl (C=O) groups is 2. The molecule has 0 aliphatic heterocycles. The van der Waals surface area contributed by atoms with Crippen LogP contribution in [-0.2, 0) is 14.3 Å². The minimum Gasteiger partial charge on any atom is -0.466 e. The summed E-state index contributed by atoms with van der Waals surface area (Å²) in [5, 5.41) is 23.3. The molecule has 0 aliphatic carbocycles. The normalized spacial score (nSPS) is 12.5. The van der Waals surface area contributed by atoms with Crippen LogP contribution in [0.5, 0.6) is 0 Å². The fourth-order valence-electron chi connectivity index (χ4n) is 10.7. The maximum atomic E-state index is 12.5. The Morgan fingerprint density at radius 1 is 0.370 bits per heavy atom. The van der Waals surface area contributed by atoms with E-state index in [9.17, 15) is 19.8 Å². The fraction of sp³-hybridized carbons (Fsp3) is 0.940. The summed E-state index contributed by atoms with van der Waals surface area (Å²) < 4.78 is 5.49. The number of rotatable bonds is 63. The number of aliphatic hydroxyl groups excluding tert-OH is 2. The smallest absolute Gasteiger partial charge is 0.305 e. The van der Waals surface area contributed by atoms with Gasteiger partial charge in [-0.1, -0.05) is 328 Å². The average molecular weight is 1030 g/mol. The highest BCUT2D eigenvalue weighted by molar-refractivity contribution is 5.76. The third kappa shape index (κ3) is 59.7. The Morgan fingerprint density at radius 2 is 0.644 bits per heavy atom. The van der Waals surface area contributed by atoms with Crippen LogP contribution < -0.4 is 5.32 Å². The van der Waals surface area contributed by atoms with Crippen LogP contribution in [0.1, 0.15) is 380 Å². The average Bonchev–Trinajstić information content (AvgIpc) is 3.39. The van der Waals surface area contributed by atoms with Crippen molar-refractivity contribution < 1.29 is 24.5 Å². The molecule has 6 nitrogen and oxygen atoms in total. The molecular formula is C67H131NO5. The molecule has 0 aromatic carbocycles. The molecule has 6 heteroatoms. The van der Waals surface area contributed by atoms with Crippen molar-refractivity contribution in [2.24, 2.45) is 0 Å². The molecule has 0 bridgehead atoms. The topological polar surface area (TPSA) is 95.9 Å². The van der Waals surface area contributed by atoms with Gasteiger partial charge in [0, 0.05) is 12.8 Å². The summed E-state index contributed by atoms with van der Waals surface area (Å²) in [6, 6.07) is -0.542. The molecule has 2 atom stereocenters. The number of hydrogen-bond acceptors (Lipinski definition) is 5. The van der Waals surface area contributed by atoms with Crippen LogP contribution in [0.4, 0.5) is 0 Å². The lowest BCUT2D eigenvalue weighted by Gasteiger charge is -2.22. The number of hydrogen-bond donors (Lipinski definition) is 3. The lowest BCUT2D eigenvalue weighted by Crippen LogP contribution is -2.45. The van der Waals surface area contributed by atoms with Gasteiger partial charge >= 0.3 is 5.97 Å². The van der Waals surface area contributed by atoms with Crippen LogP contribution in [0.25, 0.3) is 0 Å². The maximum Gasteiger partial charge on any atom is 0.305 e. The van der Waals surface area contributed by atoms with E-state index in [0.717, 1.165) is 38.5 Å². The molecule has 0 aliphatic rings. The van der Waals surface area contributed by atoms with E-state index in [1.165, 1.54) is 308 Å². The van der Waals surface area contributed by atoms with Gasteiger partial charge in [-0.05, 0) is 51.4 Å². The van der Waals surface area contributed by atoms with Crippen molar-refractivity contribution in [2.75, 3.05) is 13.2 Å². The van der Waals surface area contributed by atoms with Crippen molar-refractivity contribution in [3.8, 4) is 0 Å². The summed E-state index contributed by atoms with van der Waals surface area (Å²) in [5.74, 6) is -0.0159. The summed E-state index contributed by atoms with van der Waals surface area (Å²) in [6.07, 6.45) is 76.7. The minimum atomic E-state index is -0.664. The summed E-state index contributed by atoms with van der Waals surface area (Å²) in [5.41, 5.74) is 0. The molecule has 2 unspecified atom stereocenters. The van der Waals surface area contributed by atoms with Crippen LogP contribution in [0, 0.1) is 0 Å². The van der Waals surface area contributed by atoms with Gasteiger partial charge < -0.3 is 20.3 Å². The zero-order valence-electron chi connectivity index (χ0n) is 49.6. The molecular weight excluding hydrogens is 899 g/mol. The first-order chi connectivity index (χ1) is 36.0. The molecule has 3 N–H and O–H groups in total. The first-order valence-corrected chi connectivity index (χ1v) is 33.4. The molecule has 0 aromatic heterocycles. The second kappa shape index (κ2) is 63.1. The number of amides is 1. The van der Waals surface area contributed by atoms with Crippen molar-refractivity contribution in [2.45, 2.75) is 392 Å². The van der Waals surface area contributed by atoms with E-state index in [2.05, 4.69) is 31.3 Å². The van der Waals surface area contributed by atoms with Crippen LogP contribution >= 0.6 is 0 Å². The van der Waals surface area contributed by atoms with Gasteiger partial charge in [-0.25, -0.2) is 0 Å². The van der Waals surface area contributed by atoms with Crippen LogP contribution in [0.2, 0.25) is 0 Å². The van der Waals surface area contributed by atoms with Gasteiger partial charge in [-0.2, -0.15) is 0 Å². The number of esters is 1. The molecule has 0 fully saturated rings. The zero-order valence-corrected chi connectivity index (χ0v) is 49.6. The van der Waals surface area contributed by atoms with Crippen LogP contribution in [-0.4, -0.2) is 47.4 Å². The van der Waals surface area contributed by atoms with Gasteiger partial charge in [0.2, 0.25) is 5.91 Å². The highest BCUT2D eigenvalue weighted by atomic mass is 16.5. The van der Waals surface area contributed by atoms with Gasteiger partial charge in [0.05, 0.1) is 25.4 Å². The largest absolute Gasteiger partial charge is 0.466 e. The predicted molar refractivity (Wildman–Crippen MR) is 320 cm³/mol. The lowest BCUT2D eigenvalue weighted by atomic mass is 10.0. The second-order valence-corrected chi connectivity index (χ2v) is 23.2. The van der Waals surface area contributed by atoms with Gasteiger partial charge in [0.25, 0.3) is 0 Å². The van der Waals surface area contributed by atoms with E-state index in [-0.39, 0.29) is 18.5 Å². The molecule has 0 radical (unpaired) electrons. The summed E-state index contributed by atoms with van der Waals surface area (Å²) in [7, 11) is 0. The Bertz CT molecular complexity index is 1100. The third-order valence-corrected chi connectivity index (χ3v) is 15.8. The highest BCUT2D eigenvalue weighted by Crippen LogP contribution is 2.18. The molecule has 434 valence electrons. The number of nitrogens with one attached hydrogen (secondary N) is 1. The van der Waals surface area contributed by atoms with Crippen molar-refractivity contribution in [1.29, 1.82) is 0 Å². The number of ether oxygens (including phenoxy) is 1. The van der Waals surface area contributed by atoms with Gasteiger partial charge in [0.1, 0.15) is 0 Å². The second-order valence-electron chi connectivity index (χ2n) is 23.2. The fourth-order valence-corrected chi connectivity index (χ4v) is 10.7. The Hall–Kier alpha value is -1.40. The standard InChI is InChI=1S/C67H131NO5/c1-3-5-7-9-11-13-15-17-31-35-39-43-47-51-55-59-65(70)64(63-69)68-66(71)60-56-52-48-44-40-36-33-29-27-25-23-21-19-20-22-24-26-28-30-34-38-42-46-50-54-58-62-73-67(72)61-57-53-49-45-41-37-32-18-16-14-12-10-8-6-4-2/h19,21,64-65,69-70H,3-18,20,22-63H2,1-2H3,(H,68,71)/b21-19-. The zero-order chi connectivity index (χ0) is 52.9. The summed E-state index contributed by atoms with van der Waals surface area (Å²) in [6.45, 7) is 4.99. The number of aliphatic hydroxyl groups is 2. The van der Waals surface area contributed by atoms with E-state index in [1.54, 1.807) is 0 Å². The highest BCUT2D eigenvalue weighted by Gasteiger charge is 2.20. The van der Waals surface area contributed by atoms with E-state index in [4.69, 9.17) is 4.74 Å². The first-order valence-electron chi connectivity index (χ1n) is 33.4. The Labute approximate surface area is 457 Å². The number of allylic oxidation sites excluding steroid dienone is 2. The van der Waals surface area contributed by atoms with Crippen molar-refractivity contribution in [3.05, 3.63) is 12.2 Å². The van der Waals surface area contributed by atoms with E-state index < -0.39 is 12.1 Å². The lowest BCUT2D eigenvalue weighted by molar-refractivity contribution is -0.143. The van der Waals surface area contributed by atoms with E-state index in [1.807, 2.05) is 0 Å². The van der Waals surface area contributed by atoms with Crippen LogP contribution in [0.3, 0.4) is 0 Å². The number of carbonyl (C=O) groups excluding carboxylic acids is 2. The number of unbranched alkanes of at least 4 members (excludes halogenated alkanes) is 50. The monoisotopic (exact) mass is 1030 g/mol. The van der Waals surface area contributed by atoms with Gasteiger partial charge in [0.15, 0.2) is 0 Å². The molecule has 0 saturated heterocycles. The van der Waals surface area contributed by atoms with Crippen LogP contribution in [0.15, 0.2) is 12.2 Å². The summed E-state index contributed by atoms with van der Waals surface area (Å²) in [4.78, 5) is 24.6. The SMILES string of the molecule is CCCCCCCCCCCCCCCCCC(=O)OCCCCCCCCCCCCCC/C=C\CCCCCCCCCCCCC(=O)NC(CO)C(O)CCCCCCCCCCCCCCCCC. The third-order valence-electron chi connectivity index (χ3n) is 15.8. The predicted octanol–water partition coefficient (Wildman–Crippen LogP) is 21.2. The van der Waals surface area contributed by atoms with Gasteiger partial charge in [-0.15, -0.1) is 0 Å². The Kier molecular flexibility index (Phi) is 61.9.